The molecular formula is C17H19NO5. The van der Waals surface area contributed by atoms with Crippen molar-refractivity contribution in [2.24, 2.45) is 0 Å². The van der Waals surface area contributed by atoms with Gasteiger partial charge < -0.3 is 19.2 Å². The first-order valence-electron chi connectivity index (χ1n) is 7.59. The highest BCUT2D eigenvalue weighted by atomic mass is 16.5. The molecule has 6 heteroatoms. The van der Waals surface area contributed by atoms with Crippen molar-refractivity contribution < 1.29 is 23.8 Å². The first-order valence-corrected chi connectivity index (χ1v) is 7.59. The average Bonchev–Trinajstić information content (AvgIpc) is 3.28. The molecule has 3 rings (SSSR count). The Kier molecular flexibility index (Phi) is 3.98. The van der Waals surface area contributed by atoms with Crippen molar-refractivity contribution in [2.45, 2.75) is 38.3 Å². The van der Waals surface area contributed by atoms with Crippen LogP contribution in [0.1, 0.15) is 25.3 Å². The molecule has 1 heterocycles. The number of carbonyl (C=O) groups is 2. The fourth-order valence-electron chi connectivity index (χ4n) is 2.79. The molecule has 1 amide bonds. The lowest BCUT2D eigenvalue weighted by molar-refractivity contribution is -0.149. The van der Waals surface area contributed by atoms with Gasteiger partial charge in [0.1, 0.15) is 17.4 Å². The van der Waals surface area contributed by atoms with Crippen LogP contribution in [0, 0.1) is 0 Å². The lowest BCUT2D eigenvalue weighted by Gasteiger charge is -2.26. The molecule has 1 atom stereocenters. The van der Waals surface area contributed by atoms with Crippen LogP contribution in [0.15, 0.2) is 28.9 Å². The molecule has 2 aromatic rings. The van der Waals surface area contributed by atoms with E-state index in [0.29, 0.717) is 11.3 Å². The molecule has 0 aliphatic heterocycles. The molecule has 1 N–H and O–H groups in total. The standard InChI is InChI=1S/C17H19NO5/c1-10(17(20)21)18(12-3-4-12)16(19)7-11-9-23-15-8-13(22-2)5-6-14(11)15/h5-6,8-10,12H,3-4,7H2,1-2H3,(H,20,21). The molecule has 1 aromatic heterocycles. The summed E-state index contributed by atoms with van der Waals surface area (Å²) in [7, 11) is 1.58. The first kappa shape index (κ1) is 15.4. The Morgan fingerprint density at radius 2 is 2.17 bits per heavy atom. The van der Waals surface area contributed by atoms with Gasteiger partial charge in [-0.1, -0.05) is 0 Å². The van der Waals surface area contributed by atoms with Crippen molar-refractivity contribution in [3.63, 3.8) is 0 Å². The quantitative estimate of drug-likeness (QED) is 0.885. The second kappa shape index (κ2) is 5.95. The number of amides is 1. The van der Waals surface area contributed by atoms with E-state index in [4.69, 9.17) is 9.15 Å². The molecule has 1 fully saturated rings. The summed E-state index contributed by atoms with van der Waals surface area (Å²) in [5, 5.41) is 10.1. The summed E-state index contributed by atoms with van der Waals surface area (Å²) in [5.74, 6) is -0.475. The molecule has 0 saturated heterocycles. The largest absolute Gasteiger partial charge is 0.497 e. The number of nitrogens with zero attached hydrogens (tertiary/aromatic N) is 1. The highest BCUT2D eigenvalue weighted by Crippen LogP contribution is 2.31. The molecule has 1 aliphatic rings. The summed E-state index contributed by atoms with van der Waals surface area (Å²) >= 11 is 0. The number of carboxylic acid groups (broad SMARTS) is 1. The van der Waals surface area contributed by atoms with Gasteiger partial charge in [0.2, 0.25) is 5.91 Å². The van der Waals surface area contributed by atoms with Crippen molar-refractivity contribution in [2.75, 3.05) is 7.11 Å². The third-order valence-corrected chi connectivity index (χ3v) is 4.21. The number of carbonyl (C=O) groups excluding carboxylic acids is 1. The number of benzene rings is 1. The van der Waals surface area contributed by atoms with E-state index in [1.54, 1.807) is 26.4 Å². The summed E-state index contributed by atoms with van der Waals surface area (Å²) in [6, 6.07) is 4.66. The third kappa shape index (κ3) is 3.02. The highest BCUT2D eigenvalue weighted by molar-refractivity contribution is 5.90. The first-order chi connectivity index (χ1) is 11.0. The number of furan rings is 1. The molecule has 23 heavy (non-hydrogen) atoms. The lowest BCUT2D eigenvalue weighted by Crippen LogP contribution is -2.45. The SMILES string of the molecule is COc1ccc2c(CC(=O)N(C3CC3)C(C)C(=O)O)coc2c1. The van der Waals surface area contributed by atoms with Crippen LogP contribution in [0.2, 0.25) is 0 Å². The summed E-state index contributed by atoms with van der Waals surface area (Å²) in [5.41, 5.74) is 1.41. The Balaban J connectivity index is 1.83. The molecule has 1 aromatic carbocycles. The van der Waals surface area contributed by atoms with E-state index >= 15 is 0 Å². The fourth-order valence-corrected chi connectivity index (χ4v) is 2.79. The monoisotopic (exact) mass is 317 g/mol. The average molecular weight is 317 g/mol. The minimum atomic E-state index is -0.980. The van der Waals surface area contributed by atoms with Crippen LogP contribution < -0.4 is 4.74 Å². The van der Waals surface area contributed by atoms with E-state index in [1.165, 1.54) is 4.90 Å². The molecule has 0 bridgehead atoms. The van der Waals surface area contributed by atoms with E-state index in [1.807, 2.05) is 12.1 Å². The van der Waals surface area contributed by atoms with Crippen LogP contribution in [-0.4, -0.2) is 41.1 Å². The van der Waals surface area contributed by atoms with E-state index in [0.717, 1.165) is 23.8 Å². The van der Waals surface area contributed by atoms with Gasteiger partial charge in [0.05, 0.1) is 19.8 Å². The summed E-state index contributed by atoms with van der Waals surface area (Å²) in [6.45, 7) is 1.55. The summed E-state index contributed by atoms with van der Waals surface area (Å²) in [6.07, 6.45) is 3.42. The van der Waals surface area contributed by atoms with E-state index in [-0.39, 0.29) is 18.4 Å². The molecule has 0 radical (unpaired) electrons. The maximum atomic E-state index is 12.6. The van der Waals surface area contributed by atoms with E-state index in [9.17, 15) is 14.7 Å². The van der Waals surface area contributed by atoms with Crippen molar-refractivity contribution in [3.8, 4) is 5.75 Å². The van der Waals surface area contributed by atoms with Gasteiger partial charge in [-0.2, -0.15) is 0 Å². The predicted molar refractivity (Wildman–Crippen MR) is 83.4 cm³/mol. The number of hydrogen-bond acceptors (Lipinski definition) is 4. The Morgan fingerprint density at radius 1 is 1.43 bits per heavy atom. The van der Waals surface area contributed by atoms with Crippen molar-refractivity contribution >= 4 is 22.8 Å². The zero-order chi connectivity index (χ0) is 16.6. The minimum absolute atomic E-state index is 0.0480. The number of aliphatic carboxylic acids is 1. The maximum absolute atomic E-state index is 12.6. The second-order valence-corrected chi connectivity index (χ2v) is 5.85. The Hall–Kier alpha value is -2.50. The third-order valence-electron chi connectivity index (χ3n) is 4.21. The number of carboxylic acids is 1. The normalized spacial score (nSPS) is 15.4. The second-order valence-electron chi connectivity index (χ2n) is 5.85. The lowest BCUT2D eigenvalue weighted by atomic mass is 10.1. The summed E-state index contributed by atoms with van der Waals surface area (Å²) < 4.78 is 10.6. The zero-order valence-electron chi connectivity index (χ0n) is 13.1. The number of ether oxygens (including phenoxy) is 1. The fraction of sp³-hybridized carbons (Fsp3) is 0.412. The zero-order valence-corrected chi connectivity index (χ0v) is 13.1. The molecular weight excluding hydrogens is 298 g/mol. The molecule has 1 aliphatic carbocycles. The van der Waals surface area contributed by atoms with Gasteiger partial charge in [0, 0.05) is 23.1 Å². The van der Waals surface area contributed by atoms with Crippen molar-refractivity contribution in [1.29, 1.82) is 0 Å². The van der Waals surface area contributed by atoms with Gasteiger partial charge >= 0.3 is 5.97 Å². The van der Waals surface area contributed by atoms with Crippen LogP contribution >= 0.6 is 0 Å². The van der Waals surface area contributed by atoms with Crippen molar-refractivity contribution in [1.82, 2.24) is 4.90 Å². The van der Waals surface area contributed by atoms with Gasteiger partial charge in [-0.15, -0.1) is 0 Å². The smallest absolute Gasteiger partial charge is 0.326 e. The van der Waals surface area contributed by atoms with Crippen molar-refractivity contribution in [3.05, 3.63) is 30.0 Å². The van der Waals surface area contributed by atoms with Gasteiger partial charge in [-0.05, 0) is 31.9 Å². The van der Waals surface area contributed by atoms with Crippen LogP contribution in [0.3, 0.4) is 0 Å². The van der Waals surface area contributed by atoms with Gasteiger partial charge in [0.15, 0.2) is 0 Å². The van der Waals surface area contributed by atoms with Gasteiger partial charge in [-0.25, -0.2) is 4.79 Å². The minimum Gasteiger partial charge on any atom is -0.497 e. The predicted octanol–water partition coefficient (Wildman–Crippen LogP) is 2.45. The molecule has 0 spiro atoms. The van der Waals surface area contributed by atoms with Gasteiger partial charge in [-0.3, -0.25) is 4.79 Å². The Morgan fingerprint density at radius 3 is 2.78 bits per heavy atom. The Bertz CT molecular complexity index is 747. The van der Waals surface area contributed by atoms with Crippen LogP contribution in [0.5, 0.6) is 5.75 Å². The molecule has 1 saturated carbocycles. The summed E-state index contributed by atoms with van der Waals surface area (Å²) in [4.78, 5) is 25.3. The van der Waals surface area contributed by atoms with Crippen LogP contribution in [-0.2, 0) is 16.0 Å². The molecule has 122 valence electrons. The number of hydrogen-bond donors (Lipinski definition) is 1. The van der Waals surface area contributed by atoms with Gasteiger partial charge in [0.25, 0.3) is 0 Å². The van der Waals surface area contributed by atoms with Crippen LogP contribution in [0.4, 0.5) is 0 Å². The van der Waals surface area contributed by atoms with E-state index < -0.39 is 12.0 Å². The highest BCUT2D eigenvalue weighted by Gasteiger charge is 2.38. The molecule has 6 nitrogen and oxygen atoms in total. The Labute approximate surface area is 133 Å². The maximum Gasteiger partial charge on any atom is 0.326 e. The van der Waals surface area contributed by atoms with Crippen LogP contribution in [0.25, 0.3) is 11.0 Å². The van der Waals surface area contributed by atoms with E-state index in [2.05, 4.69) is 0 Å². The topological polar surface area (TPSA) is 80.0 Å². The number of methoxy groups -OCH3 is 1. The number of rotatable bonds is 6. The molecule has 1 unspecified atom stereocenters. The number of fused-ring (bicyclic) bond motifs is 1.